The summed E-state index contributed by atoms with van der Waals surface area (Å²) in [5, 5.41) is 21.2. The van der Waals surface area contributed by atoms with Crippen LogP contribution in [0.5, 0.6) is 5.88 Å². The molecular formula is C19H26N6O2. The highest BCUT2D eigenvalue weighted by Gasteiger charge is 2.17. The zero-order valence-electron chi connectivity index (χ0n) is 15.9. The topological polar surface area (TPSA) is 105 Å². The fourth-order valence-corrected chi connectivity index (χ4v) is 2.87. The molecule has 3 rings (SSSR count). The maximum atomic E-state index is 9.72. The number of aromatic nitrogens is 4. The summed E-state index contributed by atoms with van der Waals surface area (Å²) in [6.07, 6.45) is 6.68. The van der Waals surface area contributed by atoms with E-state index in [0.717, 1.165) is 56.3 Å². The largest absolute Gasteiger partial charge is 0.480 e. The number of hydrogen-bond acceptors (Lipinski definition) is 8. The number of methoxy groups -OCH3 is 1. The summed E-state index contributed by atoms with van der Waals surface area (Å²) >= 11 is 0. The van der Waals surface area contributed by atoms with Gasteiger partial charge in [0.1, 0.15) is 0 Å². The van der Waals surface area contributed by atoms with Gasteiger partial charge < -0.3 is 15.2 Å². The van der Waals surface area contributed by atoms with Crippen LogP contribution in [-0.2, 0) is 0 Å². The van der Waals surface area contributed by atoms with Gasteiger partial charge in [-0.05, 0) is 38.2 Å². The average Bonchev–Trinajstić information content (AvgIpc) is 2.70. The molecule has 1 saturated carbocycles. The molecule has 2 N–H and O–H groups in total. The van der Waals surface area contributed by atoms with E-state index in [9.17, 15) is 5.11 Å². The summed E-state index contributed by atoms with van der Waals surface area (Å²) in [4.78, 5) is 13.8. The van der Waals surface area contributed by atoms with E-state index in [1.807, 2.05) is 6.07 Å². The number of nitrogens with zero attached hydrogens (tertiary/aromatic N) is 5. The Morgan fingerprint density at radius 2 is 2.07 bits per heavy atom. The Bertz CT molecular complexity index is 768. The van der Waals surface area contributed by atoms with Crippen LogP contribution >= 0.6 is 0 Å². The van der Waals surface area contributed by atoms with Crippen LogP contribution < -0.4 is 10.1 Å². The number of aliphatic imine (C=N–C) groups is 1. The van der Waals surface area contributed by atoms with Crippen LogP contribution in [0.4, 0.5) is 11.8 Å². The summed E-state index contributed by atoms with van der Waals surface area (Å²) in [6.45, 7) is 2.96. The Kier molecular flexibility index (Phi) is 6.64. The molecule has 2 aromatic rings. The van der Waals surface area contributed by atoms with Crippen LogP contribution in [-0.4, -0.2) is 50.7 Å². The third-order valence-electron chi connectivity index (χ3n) is 4.50. The second-order valence-electron chi connectivity index (χ2n) is 6.58. The molecule has 1 fully saturated rings. The lowest BCUT2D eigenvalue weighted by molar-refractivity contribution is 0.152. The number of rotatable bonds is 7. The van der Waals surface area contributed by atoms with Crippen LogP contribution in [0.2, 0.25) is 0 Å². The van der Waals surface area contributed by atoms with Crippen molar-refractivity contribution in [1.82, 2.24) is 20.2 Å². The summed E-state index contributed by atoms with van der Waals surface area (Å²) in [6, 6.07) is 3.58. The second-order valence-corrected chi connectivity index (χ2v) is 6.58. The van der Waals surface area contributed by atoms with Gasteiger partial charge in [0.05, 0.1) is 24.5 Å². The number of aliphatic hydroxyl groups excluding tert-OH is 1. The van der Waals surface area contributed by atoms with Gasteiger partial charge in [0.2, 0.25) is 11.8 Å². The highest BCUT2D eigenvalue weighted by Crippen LogP contribution is 2.29. The lowest BCUT2D eigenvalue weighted by atomic mass is 9.96. The van der Waals surface area contributed by atoms with Crippen molar-refractivity contribution in [2.24, 2.45) is 4.99 Å². The molecular weight excluding hydrogens is 344 g/mol. The third kappa shape index (κ3) is 5.19. The normalized spacial score (nSPS) is 16.9. The Hall–Kier alpha value is -2.61. The number of anilines is 1. The smallest absolute Gasteiger partial charge is 0.233 e. The van der Waals surface area contributed by atoms with Crippen molar-refractivity contribution in [3.05, 3.63) is 18.3 Å². The predicted octanol–water partition coefficient (Wildman–Crippen LogP) is 3.16. The maximum absolute atomic E-state index is 9.72. The molecule has 8 heteroatoms. The van der Waals surface area contributed by atoms with E-state index >= 15 is 0 Å². The van der Waals surface area contributed by atoms with E-state index in [-0.39, 0.29) is 6.10 Å². The van der Waals surface area contributed by atoms with Gasteiger partial charge >= 0.3 is 0 Å². The quantitative estimate of drug-likeness (QED) is 0.721. The van der Waals surface area contributed by atoms with Crippen LogP contribution in [0.25, 0.3) is 11.3 Å². The van der Waals surface area contributed by atoms with Gasteiger partial charge in [0.25, 0.3) is 0 Å². The maximum Gasteiger partial charge on any atom is 0.233 e. The van der Waals surface area contributed by atoms with Crippen molar-refractivity contribution in [2.75, 3.05) is 19.0 Å². The Balaban J connectivity index is 1.91. The van der Waals surface area contributed by atoms with E-state index in [2.05, 4.69) is 32.4 Å². The molecule has 1 aliphatic carbocycles. The Morgan fingerprint density at radius 1 is 1.26 bits per heavy atom. The molecule has 0 radical (unpaired) electrons. The predicted molar refractivity (Wildman–Crippen MR) is 105 cm³/mol. The highest BCUT2D eigenvalue weighted by molar-refractivity contribution is 5.89. The Labute approximate surface area is 159 Å². The molecule has 8 nitrogen and oxygen atoms in total. The van der Waals surface area contributed by atoms with Crippen LogP contribution in [0.3, 0.4) is 0 Å². The zero-order chi connectivity index (χ0) is 19.1. The van der Waals surface area contributed by atoms with E-state index in [0.29, 0.717) is 23.3 Å². The molecule has 0 atom stereocenters. The molecule has 0 aromatic carbocycles. The summed E-state index contributed by atoms with van der Waals surface area (Å²) in [5.74, 6) is 1.59. The van der Waals surface area contributed by atoms with Gasteiger partial charge in [0.15, 0.2) is 5.82 Å². The number of nitrogens with one attached hydrogen (secondary N) is 1. The minimum Gasteiger partial charge on any atom is -0.480 e. The van der Waals surface area contributed by atoms with Crippen LogP contribution in [0.1, 0.15) is 45.4 Å². The molecule has 2 heterocycles. The first-order valence-corrected chi connectivity index (χ1v) is 9.43. The first-order chi connectivity index (χ1) is 13.2. The van der Waals surface area contributed by atoms with Gasteiger partial charge in [-0.3, -0.25) is 0 Å². The lowest BCUT2D eigenvalue weighted by Crippen LogP contribution is -2.17. The molecule has 2 aromatic heterocycles. The molecule has 0 spiro atoms. The van der Waals surface area contributed by atoms with Gasteiger partial charge in [-0.2, -0.15) is 4.98 Å². The average molecular weight is 370 g/mol. The van der Waals surface area contributed by atoms with Crippen molar-refractivity contribution < 1.29 is 9.84 Å². The number of unbranched alkanes of at least 4 members (excludes halogenated alkanes) is 1. The van der Waals surface area contributed by atoms with E-state index in [1.54, 1.807) is 19.4 Å². The standard InChI is InChI=1S/C19H26N6O2/c1-3-4-11-20-19-21-12-15(16-9-10-17(27-2)25-24-16)18(23-19)22-13-5-7-14(26)8-6-13/h9-10,12,14,26H,3-8,11H2,1-2H3,(H,20,21,23). The lowest BCUT2D eigenvalue weighted by Gasteiger charge is -2.18. The molecule has 1 aliphatic rings. The molecule has 0 amide bonds. The van der Waals surface area contributed by atoms with Crippen molar-refractivity contribution in [2.45, 2.75) is 51.6 Å². The molecule has 0 bridgehead atoms. The van der Waals surface area contributed by atoms with E-state index in [4.69, 9.17) is 9.73 Å². The summed E-state index contributed by atoms with van der Waals surface area (Å²) in [7, 11) is 1.55. The van der Waals surface area contributed by atoms with Crippen LogP contribution in [0, 0.1) is 0 Å². The van der Waals surface area contributed by atoms with Gasteiger partial charge in [-0.25, -0.2) is 9.98 Å². The van der Waals surface area contributed by atoms with E-state index in [1.165, 1.54) is 0 Å². The molecule has 0 unspecified atom stereocenters. The van der Waals surface area contributed by atoms with Gasteiger partial charge in [-0.1, -0.05) is 13.3 Å². The number of aliphatic hydroxyl groups is 1. The minimum atomic E-state index is -0.229. The Morgan fingerprint density at radius 3 is 2.74 bits per heavy atom. The van der Waals surface area contributed by atoms with Crippen molar-refractivity contribution >= 4 is 17.5 Å². The summed E-state index contributed by atoms with van der Waals surface area (Å²) in [5.41, 5.74) is 2.41. The molecule has 0 saturated heterocycles. The molecule has 144 valence electrons. The number of hydrogen-bond donors (Lipinski definition) is 2. The van der Waals surface area contributed by atoms with Gasteiger partial charge in [-0.15, -0.1) is 10.2 Å². The van der Waals surface area contributed by atoms with Crippen LogP contribution in [0.15, 0.2) is 23.3 Å². The molecule has 0 aliphatic heterocycles. The first kappa shape index (κ1) is 19.2. The summed E-state index contributed by atoms with van der Waals surface area (Å²) < 4.78 is 5.07. The van der Waals surface area contributed by atoms with Crippen molar-refractivity contribution in [1.29, 1.82) is 0 Å². The first-order valence-electron chi connectivity index (χ1n) is 9.43. The fraction of sp³-hybridized carbons (Fsp3) is 0.526. The monoisotopic (exact) mass is 370 g/mol. The zero-order valence-corrected chi connectivity index (χ0v) is 15.9. The highest BCUT2D eigenvalue weighted by atomic mass is 16.5. The number of ether oxygens (including phenoxy) is 1. The van der Waals surface area contributed by atoms with Crippen molar-refractivity contribution in [3.8, 4) is 17.1 Å². The van der Waals surface area contributed by atoms with E-state index < -0.39 is 0 Å². The minimum absolute atomic E-state index is 0.229. The third-order valence-corrected chi connectivity index (χ3v) is 4.50. The molecule has 27 heavy (non-hydrogen) atoms. The van der Waals surface area contributed by atoms with Gasteiger partial charge in [0, 0.05) is 24.5 Å². The second kappa shape index (κ2) is 9.36. The fourth-order valence-electron chi connectivity index (χ4n) is 2.87. The SMILES string of the molecule is CCCCNc1ncc(-c2ccc(OC)nn2)c(N=C2CCC(O)CC2)n1. The van der Waals surface area contributed by atoms with Crippen molar-refractivity contribution in [3.63, 3.8) is 0 Å².